The molecule has 6 heteroatoms. The van der Waals surface area contributed by atoms with E-state index in [2.05, 4.69) is 10.6 Å². The monoisotopic (exact) mass is 392 g/mol. The topological polar surface area (TPSA) is 50.4 Å². The second-order valence-electron chi connectivity index (χ2n) is 6.09. The van der Waals surface area contributed by atoms with E-state index in [4.69, 9.17) is 4.74 Å². The molecule has 1 unspecified atom stereocenters. The van der Waals surface area contributed by atoms with Crippen LogP contribution in [0.1, 0.15) is 17.5 Å². The number of carbonyl (C=O) groups is 1. The van der Waals surface area contributed by atoms with Gasteiger partial charge in [0.05, 0.1) is 0 Å². The number of benzene rings is 2. The van der Waals surface area contributed by atoms with Gasteiger partial charge in [-0.25, -0.2) is 0 Å². The van der Waals surface area contributed by atoms with Crippen molar-refractivity contribution < 1.29 is 9.53 Å². The van der Waals surface area contributed by atoms with Gasteiger partial charge in [-0.05, 0) is 11.6 Å². The van der Waals surface area contributed by atoms with Crippen LogP contribution in [0.25, 0.3) is 0 Å². The molecule has 1 aliphatic rings. The number of halogens is 1. The van der Waals surface area contributed by atoms with Crippen LogP contribution < -0.4 is 15.4 Å². The third-order valence-electron chi connectivity index (χ3n) is 4.12. The van der Waals surface area contributed by atoms with Gasteiger partial charge in [-0.3, -0.25) is 4.79 Å². The molecule has 1 aliphatic heterocycles. The quantitative estimate of drug-likeness (QED) is 0.758. The van der Waals surface area contributed by atoms with Crippen molar-refractivity contribution in [1.29, 1.82) is 0 Å². The van der Waals surface area contributed by atoms with Crippen LogP contribution in [-0.2, 0) is 17.9 Å². The number of ether oxygens (including phenoxy) is 1. The predicted octanol–water partition coefficient (Wildman–Crippen LogP) is 3.40. The van der Waals surface area contributed by atoms with Gasteiger partial charge < -0.3 is 15.4 Å². The minimum atomic E-state index is 0. The van der Waals surface area contributed by atoms with Gasteiger partial charge >= 0.3 is 0 Å². The molecule has 1 atom stereocenters. The summed E-state index contributed by atoms with van der Waals surface area (Å²) >= 11 is 1.90. The Bertz CT molecular complexity index is 679. The molecule has 0 spiro atoms. The summed E-state index contributed by atoms with van der Waals surface area (Å²) in [7, 11) is 0. The molecule has 0 radical (unpaired) electrons. The van der Waals surface area contributed by atoms with Crippen LogP contribution in [0.15, 0.2) is 54.6 Å². The zero-order valence-electron chi connectivity index (χ0n) is 14.6. The summed E-state index contributed by atoms with van der Waals surface area (Å²) in [5.41, 5.74) is 2.12. The highest BCUT2D eigenvalue weighted by atomic mass is 35.5. The molecule has 2 N–H and O–H groups in total. The normalized spacial score (nSPS) is 16.4. The number of para-hydroxylation sites is 1. The predicted molar refractivity (Wildman–Crippen MR) is 110 cm³/mol. The number of nitrogens with one attached hydrogen (secondary N) is 2. The van der Waals surface area contributed by atoms with Crippen molar-refractivity contribution in [2.75, 3.05) is 18.1 Å². The molecule has 0 aliphatic carbocycles. The number of hydrogen-bond donors (Lipinski definition) is 2. The van der Waals surface area contributed by atoms with Crippen LogP contribution in [-0.4, -0.2) is 30.0 Å². The van der Waals surface area contributed by atoms with E-state index >= 15 is 0 Å². The molecule has 26 heavy (non-hydrogen) atoms. The molecule has 0 saturated carbocycles. The Morgan fingerprint density at radius 2 is 1.92 bits per heavy atom. The van der Waals surface area contributed by atoms with Crippen LogP contribution in [0.4, 0.5) is 0 Å². The van der Waals surface area contributed by atoms with Gasteiger partial charge in [-0.15, -0.1) is 12.4 Å². The second kappa shape index (κ2) is 11.1. The average molecular weight is 393 g/mol. The van der Waals surface area contributed by atoms with E-state index < -0.39 is 0 Å². The number of rotatable bonds is 7. The van der Waals surface area contributed by atoms with Gasteiger partial charge in [0.2, 0.25) is 5.91 Å². The summed E-state index contributed by atoms with van der Waals surface area (Å²) in [4.78, 5) is 12.2. The third kappa shape index (κ3) is 6.56. The smallest absolute Gasteiger partial charge is 0.221 e. The van der Waals surface area contributed by atoms with Crippen molar-refractivity contribution in [3.63, 3.8) is 0 Å². The maximum atomic E-state index is 12.2. The van der Waals surface area contributed by atoms with E-state index in [0.29, 0.717) is 19.6 Å². The van der Waals surface area contributed by atoms with Crippen LogP contribution in [0.2, 0.25) is 0 Å². The standard InChI is InChI=1S/C20H24N2O2S.ClH/c23-20(12-18-15-25-11-10-21-18)22-13-17-8-4-5-9-19(17)24-14-16-6-2-1-3-7-16;/h1-9,18,21H,10-15H2,(H,22,23);1H. The van der Waals surface area contributed by atoms with Gasteiger partial charge in [-0.1, -0.05) is 48.5 Å². The van der Waals surface area contributed by atoms with Gasteiger partial charge in [0.1, 0.15) is 12.4 Å². The molecule has 3 rings (SSSR count). The summed E-state index contributed by atoms with van der Waals surface area (Å²) in [6.07, 6.45) is 0.528. The van der Waals surface area contributed by atoms with Crippen molar-refractivity contribution in [2.24, 2.45) is 0 Å². The van der Waals surface area contributed by atoms with Crippen molar-refractivity contribution in [2.45, 2.75) is 25.6 Å². The summed E-state index contributed by atoms with van der Waals surface area (Å²) in [6, 6.07) is 18.2. The Morgan fingerprint density at radius 1 is 1.15 bits per heavy atom. The van der Waals surface area contributed by atoms with E-state index in [1.807, 2.05) is 66.4 Å². The summed E-state index contributed by atoms with van der Waals surface area (Å²) < 4.78 is 5.94. The Hall–Kier alpha value is -1.69. The fourth-order valence-corrected chi connectivity index (χ4v) is 3.72. The first-order chi connectivity index (χ1) is 12.3. The second-order valence-corrected chi connectivity index (χ2v) is 7.24. The number of carbonyl (C=O) groups excluding carboxylic acids is 1. The number of thioether (sulfide) groups is 1. The van der Waals surface area contributed by atoms with E-state index in [1.165, 1.54) is 0 Å². The number of amides is 1. The fourth-order valence-electron chi connectivity index (χ4n) is 2.77. The molecule has 4 nitrogen and oxygen atoms in total. The largest absolute Gasteiger partial charge is 0.489 e. The summed E-state index contributed by atoms with van der Waals surface area (Å²) in [5, 5.41) is 6.41. The van der Waals surface area contributed by atoms with Crippen LogP contribution >= 0.6 is 24.2 Å². The van der Waals surface area contributed by atoms with Crippen molar-refractivity contribution in [3.05, 3.63) is 65.7 Å². The lowest BCUT2D eigenvalue weighted by molar-refractivity contribution is -0.121. The molecule has 0 aromatic heterocycles. The number of hydrogen-bond acceptors (Lipinski definition) is 4. The Morgan fingerprint density at radius 3 is 2.69 bits per heavy atom. The highest BCUT2D eigenvalue weighted by Crippen LogP contribution is 2.19. The van der Waals surface area contributed by atoms with Crippen LogP contribution in [0, 0.1) is 0 Å². The van der Waals surface area contributed by atoms with Crippen molar-refractivity contribution in [3.8, 4) is 5.75 Å². The zero-order valence-corrected chi connectivity index (χ0v) is 16.3. The molecule has 2 aromatic rings. The van der Waals surface area contributed by atoms with Gasteiger partial charge in [0.15, 0.2) is 0 Å². The minimum Gasteiger partial charge on any atom is -0.489 e. The first-order valence-corrected chi connectivity index (χ1v) is 9.79. The summed E-state index contributed by atoms with van der Waals surface area (Å²) in [6.45, 7) is 2.00. The van der Waals surface area contributed by atoms with Crippen molar-refractivity contribution in [1.82, 2.24) is 10.6 Å². The molecular weight excluding hydrogens is 368 g/mol. The molecule has 1 saturated heterocycles. The van der Waals surface area contributed by atoms with Crippen LogP contribution in [0.5, 0.6) is 5.75 Å². The highest BCUT2D eigenvalue weighted by Gasteiger charge is 2.16. The molecule has 2 aromatic carbocycles. The molecule has 0 bridgehead atoms. The lowest BCUT2D eigenvalue weighted by Gasteiger charge is -2.22. The molecular formula is C20H25ClN2O2S. The maximum Gasteiger partial charge on any atom is 0.221 e. The van der Waals surface area contributed by atoms with E-state index in [0.717, 1.165) is 34.9 Å². The van der Waals surface area contributed by atoms with Gasteiger partial charge in [-0.2, -0.15) is 11.8 Å². The zero-order chi connectivity index (χ0) is 17.3. The SMILES string of the molecule is Cl.O=C(CC1CSCCN1)NCc1ccccc1OCc1ccccc1. The lowest BCUT2D eigenvalue weighted by atomic mass is 10.1. The summed E-state index contributed by atoms with van der Waals surface area (Å²) in [5.74, 6) is 3.03. The van der Waals surface area contributed by atoms with Gasteiger partial charge in [0, 0.05) is 42.6 Å². The van der Waals surface area contributed by atoms with Crippen LogP contribution in [0.3, 0.4) is 0 Å². The first-order valence-electron chi connectivity index (χ1n) is 8.64. The minimum absolute atomic E-state index is 0. The van der Waals surface area contributed by atoms with Gasteiger partial charge in [0.25, 0.3) is 0 Å². The maximum absolute atomic E-state index is 12.2. The fraction of sp³-hybridized carbons (Fsp3) is 0.350. The Labute approximate surface area is 165 Å². The molecule has 140 valence electrons. The Balaban J connectivity index is 0.00000243. The average Bonchev–Trinajstić information content (AvgIpc) is 2.67. The Kier molecular flexibility index (Phi) is 8.81. The van der Waals surface area contributed by atoms with E-state index in [-0.39, 0.29) is 24.4 Å². The highest BCUT2D eigenvalue weighted by molar-refractivity contribution is 7.99. The lowest BCUT2D eigenvalue weighted by Crippen LogP contribution is -2.41. The molecule has 1 fully saturated rings. The van der Waals surface area contributed by atoms with Crippen molar-refractivity contribution >= 4 is 30.1 Å². The van der Waals surface area contributed by atoms with E-state index in [1.54, 1.807) is 0 Å². The first kappa shape index (κ1) is 20.6. The van der Waals surface area contributed by atoms with E-state index in [9.17, 15) is 4.79 Å². The molecule has 1 amide bonds. The third-order valence-corrected chi connectivity index (χ3v) is 5.25. The molecule has 1 heterocycles.